The highest BCUT2D eigenvalue weighted by atomic mass is 35.5. The molecule has 7 heteroatoms. The maximum Gasteiger partial charge on any atom is 0.287 e. The summed E-state index contributed by atoms with van der Waals surface area (Å²) in [4.78, 5) is 22.5. The van der Waals surface area contributed by atoms with E-state index in [0.29, 0.717) is 31.6 Å². The van der Waals surface area contributed by atoms with Gasteiger partial charge in [-0.1, -0.05) is 24.9 Å². The third-order valence-electron chi connectivity index (χ3n) is 2.62. The Morgan fingerprint density at radius 2 is 2.26 bits per heavy atom. The molecule has 0 fully saturated rings. The van der Waals surface area contributed by atoms with Gasteiger partial charge in [-0.2, -0.15) is 5.10 Å². The van der Waals surface area contributed by atoms with Gasteiger partial charge in [0.1, 0.15) is 5.02 Å². The Labute approximate surface area is 116 Å². The molecule has 0 unspecified atom stereocenters. The summed E-state index contributed by atoms with van der Waals surface area (Å²) >= 11 is 5.99. The van der Waals surface area contributed by atoms with Gasteiger partial charge in [-0.15, -0.1) is 0 Å². The van der Waals surface area contributed by atoms with Crippen LogP contribution in [0.1, 0.15) is 32.6 Å². The minimum atomic E-state index is -0.346. The predicted octanol–water partition coefficient (Wildman–Crippen LogP) is 1.37. The molecule has 0 aliphatic carbocycles. The normalized spacial score (nSPS) is 10.4. The van der Waals surface area contributed by atoms with Crippen LogP contribution in [0.4, 0.5) is 5.69 Å². The van der Waals surface area contributed by atoms with Crippen molar-refractivity contribution in [3.8, 4) is 0 Å². The van der Waals surface area contributed by atoms with Crippen LogP contribution in [0.5, 0.6) is 0 Å². The van der Waals surface area contributed by atoms with Crippen molar-refractivity contribution in [2.75, 3.05) is 11.9 Å². The number of nitrogens with two attached hydrogens (primary N) is 1. The van der Waals surface area contributed by atoms with Crippen LogP contribution < -0.4 is 16.6 Å². The molecule has 0 bridgehead atoms. The summed E-state index contributed by atoms with van der Waals surface area (Å²) < 4.78 is 1.36. The Morgan fingerprint density at radius 1 is 1.53 bits per heavy atom. The first-order valence-corrected chi connectivity index (χ1v) is 6.71. The van der Waals surface area contributed by atoms with Crippen molar-refractivity contribution >= 4 is 23.2 Å². The van der Waals surface area contributed by atoms with E-state index in [2.05, 4.69) is 10.4 Å². The number of halogens is 1. The van der Waals surface area contributed by atoms with Crippen LogP contribution in [0, 0.1) is 0 Å². The van der Waals surface area contributed by atoms with E-state index in [4.69, 9.17) is 17.3 Å². The Bertz CT molecular complexity index is 487. The van der Waals surface area contributed by atoms with Gasteiger partial charge < -0.3 is 11.1 Å². The molecule has 106 valence electrons. The first-order chi connectivity index (χ1) is 9.06. The number of unbranched alkanes of at least 4 members (excludes halogenated alkanes) is 1. The van der Waals surface area contributed by atoms with Crippen LogP contribution in [0.25, 0.3) is 0 Å². The summed E-state index contributed by atoms with van der Waals surface area (Å²) in [5.74, 6) is -0.346. The van der Waals surface area contributed by atoms with Crippen molar-refractivity contribution in [3.05, 3.63) is 21.6 Å². The number of aryl methyl sites for hydroxylation is 1. The maximum absolute atomic E-state index is 11.9. The van der Waals surface area contributed by atoms with Crippen LogP contribution in [-0.2, 0) is 11.3 Å². The highest BCUT2D eigenvalue weighted by Crippen LogP contribution is 2.15. The molecule has 1 heterocycles. The number of amides is 1. The average Bonchev–Trinajstić information content (AvgIpc) is 2.38. The van der Waals surface area contributed by atoms with Gasteiger partial charge in [0.25, 0.3) is 5.56 Å². The van der Waals surface area contributed by atoms with Crippen molar-refractivity contribution in [1.29, 1.82) is 0 Å². The molecule has 0 aliphatic rings. The molecule has 3 N–H and O–H groups in total. The lowest BCUT2D eigenvalue weighted by molar-refractivity contribution is -0.118. The Hall–Kier alpha value is -1.56. The Balaban J connectivity index is 2.63. The zero-order chi connectivity index (χ0) is 14.3. The molecule has 0 aliphatic heterocycles. The largest absolute Gasteiger partial charge is 0.382 e. The summed E-state index contributed by atoms with van der Waals surface area (Å²) in [6.07, 6.45) is 4.29. The van der Waals surface area contributed by atoms with E-state index in [1.807, 2.05) is 6.92 Å². The first-order valence-electron chi connectivity index (χ1n) is 6.34. The quantitative estimate of drug-likeness (QED) is 0.706. The number of carbonyl (C=O) groups is 1. The molecule has 1 aromatic heterocycles. The van der Waals surface area contributed by atoms with Gasteiger partial charge in [0.15, 0.2) is 0 Å². The second-order valence-electron chi connectivity index (χ2n) is 4.25. The molecule has 1 rings (SSSR count). The second-order valence-corrected chi connectivity index (χ2v) is 4.63. The molecule has 1 amide bonds. The average molecular weight is 287 g/mol. The van der Waals surface area contributed by atoms with Crippen molar-refractivity contribution in [3.63, 3.8) is 0 Å². The van der Waals surface area contributed by atoms with E-state index in [1.165, 1.54) is 10.9 Å². The molecular weight excluding hydrogens is 268 g/mol. The maximum atomic E-state index is 11.9. The predicted molar refractivity (Wildman–Crippen MR) is 75.3 cm³/mol. The van der Waals surface area contributed by atoms with E-state index in [-0.39, 0.29) is 16.5 Å². The molecule has 0 spiro atoms. The molecular formula is C12H19ClN4O2. The summed E-state index contributed by atoms with van der Waals surface area (Å²) in [5, 5.41) is 7.16. The third kappa shape index (κ3) is 4.90. The van der Waals surface area contributed by atoms with Crippen molar-refractivity contribution < 1.29 is 4.79 Å². The minimum Gasteiger partial charge on any atom is -0.382 e. The molecule has 0 saturated heterocycles. The van der Waals surface area contributed by atoms with Crippen LogP contribution in [0.15, 0.2) is 11.0 Å². The monoisotopic (exact) mass is 286 g/mol. The number of primary amides is 1. The number of hydrogen-bond donors (Lipinski definition) is 2. The van der Waals surface area contributed by atoms with Crippen LogP contribution in [-0.4, -0.2) is 22.2 Å². The van der Waals surface area contributed by atoms with Gasteiger partial charge >= 0.3 is 0 Å². The lowest BCUT2D eigenvalue weighted by Gasteiger charge is -2.09. The lowest BCUT2D eigenvalue weighted by atomic mass is 10.3. The fourth-order valence-electron chi connectivity index (χ4n) is 1.54. The van der Waals surface area contributed by atoms with Gasteiger partial charge in [0.05, 0.1) is 11.9 Å². The van der Waals surface area contributed by atoms with E-state index in [1.54, 1.807) is 0 Å². The standard InChI is InChI=1S/C12H19ClN4O2/c1-2-3-7-17-12(19)11(13)9(8-16-17)15-6-4-5-10(14)18/h8,15H,2-7H2,1H3,(H2,14,18). The highest BCUT2D eigenvalue weighted by molar-refractivity contribution is 6.32. The number of carbonyl (C=O) groups excluding carboxylic acids is 1. The number of aromatic nitrogens is 2. The Kier molecular flexibility index (Phi) is 6.35. The molecule has 6 nitrogen and oxygen atoms in total. The number of nitrogens with one attached hydrogen (secondary N) is 1. The van der Waals surface area contributed by atoms with Gasteiger partial charge in [-0.3, -0.25) is 9.59 Å². The van der Waals surface area contributed by atoms with E-state index < -0.39 is 0 Å². The van der Waals surface area contributed by atoms with Crippen LogP contribution in [0.3, 0.4) is 0 Å². The topological polar surface area (TPSA) is 90.0 Å². The second kappa shape index (κ2) is 7.78. The number of rotatable bonds is 8. The van der Waals surface area contributed by atoms with Gasteiger partial charge in [0.2, 0.25) is 5.91 Å². The van der Waals surface area contributed by atoms with Gasteiger partial charge in [-0.25, -0.2) is 4.68 Å². The van der Waals surface area contributed by atoms with Crippen LogP contribution in [0.2, 0.25) is 5.02 Å². The molecule has 0 radical (unpaired) electrons. The van der Waals surface area contributed by atoms with Crippen LogP contribution >= 0.6 is 11.6 Å². The fraction of sp³-hybridized carbons (Fsp3) is 0.583. The zero-order valence-corrected chi connectivity index (χ0v) is 11.7. The summed E-state index contributed by atoms with van der Waals surface area (Å²) in [6, 6.07) is 0. The molecule has 19 heavy (non-hydrogen) atoms. The summed E-state index contributed by atoms with van der Waals surface area (Å²) in [7, 11) is 0. The molecule has 1 aromatic rings. The highest BCUT2D eigenvalue weighted by Gasteiger charge is 2.08. The van der Waals surface area contributed by atoms with Crippen molar-refractivity contribution in [2.45, 2.75) is 39.2 Å². The van der Waals surface area contributed by atoms with Crippen molar-refractivity contribution in [1.82, 2.24) is 9.78 Å². The molecule has 0 atom stereocenters. The minimum absolute atomic E-state index is 0.130. The van der Waals surface area contributed by atoms with Crippen molar-refractivity contribution in [2.24, 2.45) is 5.73 Å². The van der Waals surface area contributed by atoms with E-state index in [9.17, 15) is 9.59 Å². The van der Waals surface area contributed by atoms with Gasteiger partial charge in [0, 0.05) is 19.5 Å². The molecule has 0 aromatic carbocycles. The van der Waals surface area contributed by atoms with E-state index in [0.717, 1.165) is 12.8 Å². The number of anilines is 1. The zero-order valence-electron chi connectivity index (χ0n) is 11.0. The number of hydrogen-bond acceptors (Lipinski definition) is 4. The SMILES string of the molecule is CCCCn1ncc(NCCCC(N)=O)c(Cl)c1=O. The van der Waals surface area contributed by atoms with Gasteiger partial charge in [-0.05, 0) is 12.8 Å². The summed E-state index contributed by atoms with van der Waals surface area (Å²) in [5.41, 5.74) is 5.23. The Morgan fingerprint density at radius 3 is 2.89 bits per heavy atom. The molecule has 0 saturated carbocycles. The summed E-state index contributed by atoms with van der Waals surface area (Å²) in [6.45, 7) is 3.13. The number of nitrogens with zero attached hydrogens (tertiary/aromatic N) is 2. The lowest BCUT2D eigenvalue weighted by Crippen LogP contribution is -2.24. The van der Waals surface area contributed by atoms with E-state index >= 15 is 0 Å². The fourth-order valence-corrected chi connectivity index (χ4v) is 1.75. The first kappa shape index (κ1) is 15.5. The smallest absolute Gasteiger partial charge is 0.287 e. The third-order valence-corrected chi connectivity index (χ3v) is 2.99.